The molecule has 0 N–H and O–H groups in total. The van der Waals surface area contributed by atoms with Crippen molar-refractivity contribution in [3.8, 4) is 0 Å². The van der Waals surface area contributed by atoms with E-state index in [1.54, 1.807) is 24.3 Å². The number of hydrogen-bond donors (Lipinski definition) is 0. The van der Waals surface area contributed by atoms with Crippen molar-refractivity contribution in [1.29, 1.82) is 0 Å². The SMILES string of the molecule is COP(=O)(OC)C(=[N+]=[N-])c1ccc(Cl)cc1. The van der Waals surface area contributed by atoms with Gasteiger partial charge >= 0.3 is 13.0 Å². The van der Waals surface area contributed by atoms with Crippen molar-refractivity contribution in [1.82, 2.24) is 0 Å². The van der Waals surface area contributed by atoms with Gasteiger partial charge in [0.15, 0.2) is 0 Å². The summed E-state index contributed by atoms with van der Waals surface area (Å²) in [7, 11) is -1.14. The van der Waals surface area contributed by atoms with Gasteiger partial charge in [-0.25, -0.2) is 4.57 Å². The van der Waals surface area contributed by atoms with Gasteiger partial charge in [0.25, 0.3) is 0 Å². The molecule has 1 aromatic rings. The average Bonchev–Trinajstić information content (AvgIpc) is 2.32. The third kappa shape index (κ3) is 2.59. The molecule has 0 radical (unpaired) electrons. The van der Waals surface area contributed by atoms with Crippen LogP contribution < -0.4 is 0 Å². The zero-order valence-electron chi connectivity index (χ0n) is 8.75. The third-order valence-electron chi connectivity index (χ3n) is 1.94. The van der Waals surface area contributed by atoms with Crippen molar-refractivity contribution in [3.63, 3.8) is 0 Å². The van der Waals surface area contributed by atoms with Crippen LogP contribution in [0, 0.1) is 0 Å². The zero-order chi connectivity index (χ0) is 12.2. The van der Waals surface area contributed by atoms with Crippen LogP contribution in [-0.2, 0) is 13.6 Å². The highest BCUT2D eigenvalue weighted by molar-refractivity contribution is 7.72. The zero-order valence-corrected chi connectivity index (χ0v) is 10.4. The summed E-state index contributed by atoms with van der Waals surface area (Å²) in [6, 6.07) is 6.28. The van der Waals surface area contributed by atoms with E-state index >= 15 is 0 Å². The first-order valence-corrected chi connectivity index (χ1v) is 6.19. The standard InChI is InChI=1S/C9H10ClN2O3P/c1-14-16(13,15-2)9(12-11)7-3-5-8(10)6-4-7/h3-6H,1-2H3. The lowest BCUT2D eigenvalue weighted by Crippen LogP contribution is -2.06. The molecule has 0 aliphatic rings. The third-order valence-corrected chi connectivity index (χ3v) is 4.02. The largest absolute Gasteiger partial charge is 0.442 e. The second-order valence-corrected chi connectivity index (χ2v) is 5.38. The smallest absolute Gasteiger partial charge is 0.360 e. The summed E-state index contributed by atoms with van der Waals surface area (Å²) in [5.74, 6) is 0. The minimum atomic E-state index is -3.57. The summed E-state index contributed by atoms with van der Waals surface area (Å²) in [5.41, 5.74) is 9.13. The van der Waals surface area contributed by atoms with Gasteiger partial charge in [-0.1, -0.05) is 11.6 Å². The predicted octanol–water partition coefficient (Wildman–Crippen LogP) is 2.80. The van der Waals surface area contributed by atoms with Crippen molar-refractivity contribution >= 4 is 24.6 Å². The molecule has 0 saturated carbocycles. The fraction of sp³-hybridized carbons (Fsp3) is 0.222. The fourth-order valence-corrected chi connectivity index (χ4v) is 2.31. The maximum Gasteiger partial charge on any atom is 0.442 e. The molecule has 5 nitrogen and oxygen atoms in total. The average molecular weight is 261 g/mol. The minimum absolute atomic E-state index is 0.158. The molecule has 0 heterocycles. The van der Waals surface area contributed by atoms with Crippen molar-refractivity contribution in [2.24, 2.45) is 0 Å². The van der Waals surface area contributed by atoms with Crippen LogP contribution in [0.5, 0.6) is 0 Å². The maximum absolute atomic E-state index is 12.0. The first kappa shape index (κ1) is 13.1. The van der Waals surface area contributed by atoms with E-state index in [2.05, 4.69) is 4.79 Å². The van der Waals surface area contributed by atoms with E-state index in [-0.39, 0.29) is 5.45 Å². The molecule has 0 aliphatic heterocycles. The minimum Gasteiger partial charge on any atom is -0.360 e. The Morgan fingerprint density at radius 3 is 2.19 bits per heavy atom. The van der Waals surface area contributed by atoms with Gasteiger partial charge in [-0.3, -0.25) is 0 Å². The second-order valence-electron chi connectivity index (χ2n) is 2.79. The predicted molar refractivity (Wildman–Crippen MR) is 60.8 cm³/mol. The molecule has 0 aliphatic carbocycles. The first-order chi connectivity index (χ1) is 7.57. The van der Waals surface area contributed by atoms with E-state index in [1.165, 1.54) is 14.2 Å². The molecular weight excluding hydrogens is 251 g/mol. The van der Waals surface area contributed by atoms with Crippen LogP contribution in [0.15, 0.2) is 24.3 Å². The molecule has 0 bridgehead atoms. The van der Waals surface area contributed by atoms with Crippen molar-refractivity contribution in [2.75, 3.05) is 14.2 Å². The fourth-order valence-electron chi connectivity index (χ4n) is 1.12. The van der Waals surface area contributed by atoms with Crippen LogP contribution >= 0.6 is 19.2 Å². The van der Waals surface area contributed by atoms with E-state index in [1.807, 2.05) is 0 Å². The lowest BCUT2D eigenvalue weighted by molar-refractivity contribution is -0.00212. The van der Waals surface area contributed by atoms with E-state index < -0.39 is 7.60 Å². The number of halogens is 1. The van der Waals surface area contributed by atoms with Crippen LogP contribution in [0.1, 0.15) is 5.56 Å². The summed E-state index contributed by atoms with van der Waals surface area (Å²) in [4.78, 5) is 2.96. The van der Waals surface area contributed by atoms with Gasteiger partial charge < -0.3 is 14.6 Å². The van der Waals surface area contributed by atoms with Crippen LogP contribution in [0.4, 0.5) is 0 Å². The Kier molecular flexibility index (Phi) is 4.42. The Bertz CT molecular complexity index is 460. The highest BCUT2D eigenvalue weighted by atomic mass is 35.5. The lowest BCUT2D eigenvalue weighted by Gasteiger charge is -2.08. The molecule has 0 spiro atoms. The van der Waals surface area contributed by atoms with Crippen LogP contribution in [0.25, 0.3) is 5.53 Å². The van der Waals surface area contributed by atoms with Gasteiger partial charge in [0, 0.05) is 19.2 Å². The summed E-state index contributed by atoms with van der Waals surface area (Å²) < 4.78 is 21.5. The maximum atomic E-state index is 12.0. The Hall–Kier alpha value is -0.960. The summed E-state index contributed by atoms with van der Waals surface area (Å²) in [5, 5.41) is 0.519. The van der Waals surface area contributed by atoms with Crippen LogP contribution in [-0.4, -0.2) is 24.5 Å². The van der Waals surface area contributed by atoms with Gasteiger partial charge in [0.1, 0.15) is 0 Å². The van der Waals surface area contributed by atoms with E-state index in [0.29, 0.717) is 10.6 Å². The van der Waals surface area contributed by atoms with E-state index in [9.17, 15) is 4.57 Å². The monoisotopic (exact) mass is 260 g/mol. The van der Waals surface area contributed by atoms with E-state index in [0.717, 1.165) is 0 Å². The van der Waals surface area contributed by atoms with Crippen molar-refractivity contribution in [3.05, 3.63) is 40.4 Å². The molecule has 0 atom stereocenters. The summed E-state index contributed by atoms with van der Waals surface area (Å²) in [6.45, 7) is 0. The van der Waals surface area contributed by atoms with Crippen LogP contribution in [0.2, 0.25) is 5.02 Å². The molecule has 1 aromatic carbocycles. The molecule has 0 fully saturated rings. The van der Waals surface area contributed by atoms with Gasteiger partial charge in [0.05, 0.1) is 5.56 Å². The highest BCUT2D eigenvalue weighted by Crippen LogP contribution is 2.49. The molecule has 0 saturated heterocycles. The number of benzene rings is 1. The molecule has 16 heavy (non-hydrogen) atoms. The first-order valence-electron chi connectivity index (χ1n) is 4.27. The number of rotatable bonds is 4. The Labute approximate surface area is 98.1 Å². The number of hydrogen-bond acceptors (Lipinski definition) is 3. The number of nitrogens with zero attached hydrogens (tertiary/aromatic N) is 2. The quantitative estimate of drug-likeness (QED) is 0.362. The van der Waals surface area contributed by atoms with Gasteiger partial charge in [0.2, 0.25) is 0 Å². The second kappa shape index (κ2) is 5.39. The molecule has 0 unspecified atom stereocenters. The highest BCUT2D eigenvalue weighted by Gasteiger charge is 2.39. The van der Waals surface area contributed by atoms with Crippen molar-refractivity contribution < 1.29 is 18.4 Å². The Balaban J connectivity index is 3.24. The summed E-state index contributed by atoms with van der Waals surface area (Å²) >= 11 is 5.71. The van der Waals surface area contributed by atoms with Gasteiger partial charge in [-0.15, -0.1) is 0 Å². The molecule has 7 heteroatoms. The summed E-state index contributed by atoms with van der Waals surface area (Å²) in [6.07, 6.45) is 0. The van der Waals surface area contributed by atoms with Crippen LogP contribution in [0.3, 0.4) is 0 Å². The molecule has 0 amide bonds. The van der Waals surface area contributed by atoms with Gasteiger partial charge in [-0.05, 0) is 24.3 Å². The molecule has 86 valence electrons. The molecule has 0 aromatic heterocycles. The topological polar surface area (TPSA) is 71.9 Å². The lowest BCUT2D eigenvalue weighted by atomic mass is 10.2. The van der Waals surface area contributed by atoms with Crippen molar-refractivity contribution in [2.45, 2.75) is 0 Å². The molecular formula is C9H10ClN2O3P. The van der Waals surface area contributed by atoms with E-state index in [4.69, 9.17) is 26.2 Å². The normalized spacial score (nSPS) is 10.9. The molecule has 1 rings (SSSR count). The Morgan fingerprint density at radius 1 is 1.31 bits per heavy atom. The Morgan fingerprint density at radius 2 is 1.81 bits per heavy atom. The van der Waals surface area contributed by atoms with Gasteiger partial charge in [-0.2, -0.15) is 4.79 Å².